The summed E-state index contributed by atoms with van der Waals surface area (Å²) in [5, 5.41) is 4.49. The number of rotatable bonds is 7. The van der Waals surface area contributed by atoms with Gasteiger partial charge < -0.3 is 8.98 Å². The summed E-state index contributed by atoms with van der Waals surface area (Å²) in [6.07, 6.45) is 0. The van der Waals surface area contributed by atoms with Crippen LogP contribution in [0.4, 0.5) is 0 Å². The summed E-state index contributed by atoms with van der Waals surface area (Å²) in [6.45, 7) is 0. The fourth-order valence-electron chi connectivity index (χ4n) is 8.94. The van der Waals surface area contributed by atoms with E-state index in [1.54, 1.807) is 0 Å². The van der Waals surface area contributed by atoms with E-state index in [4.69, 9.17) is 19.4 Å². The lowest BCUT2D eigenvalue weighted by molar-refractivity contribution is 0.669. The van der Waals surface area contributed by atoms with Crippen molar-refractivity contribution in [3.63, 3.8) is 0 Å². The van der Waals surface area contributed by atoms with Crippen molar-refractivity contribution in [3.05, 3.63) is 218 Å². The zero-order chi connectivity index (χ0) is 41.0. The number of para-hydroxylation sites is 3. The van der Waals surface area contributed by atoms with Gasteiger partial charge in [0.1, 0.15) is 11.2 Å². The molecule has 3 heterocycles. The summed E-state index contributed by atoms with van der Waals surface area (Å²) in [7, 11) is 0. The Morgan fingerprint density at radius 1 is 0.306 bits per heavy atom. The van der Waals surface area contributed by atoms with Crippen molar-refractivity contribution in [1.82, 2.24) is 19.5 Å². The highest BCUT2D eigenvalue weighted by Gasteiger charge is 2.20. The molecular weight excluding hydrogens is 757 g/mol. The Morgan fingerprint density at radius 3 is 1.50 bits per heavy atom. The van der Waals surface area contributed by atoms with Gasteiger partial charge in [0, 0.05) is 43.8 Å². The molecule has 0 spiro atoms. The molecule has 0 bridgehead atoms. The largest absolute Gasteiger partial charge is 0.456 e. The van der Waals surface area contributed by atoms with Crippen LogP contribution < -0.4 is 0 Å². The molecule has 0 aliphatic rings. The molecule has 12 aromatic rings. The highest BCUT2D eigenvalue weighted by molar-refractivity contribution is 6.15. The van der Waals surface area contributed by atoms with E-state index in [9.17, 15) is 0 Å². The summed E-state index contributed by atoms with van der Waals surface area (Å²) in [6, 6.07) is 76.3. The van der Waals surface area contributed by atoms with Crippen LogP contribution in [-0.2, 0) is 0 Å². The minimum Gasteiger partial charge on any atom is -0.456 e. The highest BCUT2D eigenvalue weighted by atomic mass is 16.3. The second kappa shape index (κ2) is 14.7. The Kier molecular flexibility index (Phi) is 8.42. The van der Waals surface area contributed by atoms with Crippen LogP contribution in [0, 0.1) is 0 Å². The molecule has 0 saturated heterocycles. The minimum absolute atomic E-state index is 0.589. The maximum Gasteiger partial charge on any atom is 0.164 e. The van der Waals surface area contributed by atoms with E-state index in [0.29, 0.717) is 17.5 Å². The third-order valence-electron chi connectivity index (χ3n) is 11.9. The van der Waals surface area contributed by atoms with Gasteiger partial charge in [0.2, 0.25) is 0 Å². The second-order valence-corrected chi connectivity index (χ2v) is 15.6. The van der Waals surface area contributed by atoms with Crippen LogP contribution in [0.1, 0.15) is 0 Å². The Balaban J connectivity index is 0.999. The molecule has 5 nitrogen and oxygen atoms in total. The summed E-state index contributed by atoms with van der Waals surface area (Å²) in [5.74, 6) is 1.81. The van der Waals surface area contributed by atoms with Crippen LogP contribution in [-0.4, -0.2) is 19.5 Å². The normalized spacial score (nSPS) is 11.5. The molecule has 0 N–H and O–H groups in total. The van der Waals surface area contributed by atoms with Gasteiger partial charge in [-0.15, -0.1) is 0 Å². The SMILES string of the molecule is c1ccc(-c2ccc(-c3cccc(-c4nc(-c5ccccc5)nc(-c5ccc6oc7cccc(-c8ccccc8-n8c9ccccc9c9ccccc98)c7c6c5)n4)c3)cc2)cc1. The molecular formula is C57H36N4O. The van der Waals surface area contributed by atoms with Crippen LogP contribution in [0.15, 0.2) is 223 Å². The summed E-state index contributed by atoms with van der Waals surface area (Å²) >= 11 is 0. The van der Waals surface area contributed by atoms with Crippen LogP contribution in [0.2, 0.25) is 0 Å². The lowest BCUT2D eigenvalue weighted by Crippen LogP contribution is -2.00. The molecule has 9 aromatic carbocycles. The van der Waals surface area contributed by atoms with Crippen molar-refractivity contribution in [2.75, 3.05) is 0 Å². The van der Waals surface area contributed by atoms with Gasteiger partial charge in [-0.05, 0) is 76.3 Å². The van der Waals surface area contributed by atoms with Crippen LogP contribution in [0.25, 0.3) is 117 Å². The third-order valence-corrected chi connectivity index (χ3v) is 11.9. The Hall–Kier alpha value is -8.41. The van der Waals surface area contributed by atoms with E-state index in [-0.39, 0.29) is 0 Å². The Labute approximate surface area is 357 Å². The van der Waals surface area contributed by atoms with Crippen LogP contribution in [0.5, 0.6) is 0 Å². The molecule has 290 valence electrons. The topological polar surface area (TPSA) is 56.7 Å². The van der Waals surface area contributed by atoms with E-state index < -0.39 is 0 Å². The summed E-state index contributed by atoms with van der Waals surface area (Å²) in [5.41, 5.74) is 14.6. The molecule has 0 aliphatic carbocycles. The molecule has 0 amide bonds. The zero-order valence-electron chi connectivity index (χ0n) is 33.5. The first kappa shape index (κ1) is 35.5. The number of hydrogen-bond acceptors (Lipinski definition) is 4. The van der Waals surface area contributed by atoms with Gasteiger partial charge in [-0.2, -0.15) is 0 Å². The van der Waals surface area contributed by atoms with Gasteiger partial charge in [-0.25, -0.2) is 15.0 Å². The van der Waals surface area contributed by atoms with E-state index in [2.05, 4.69) is 180 Å². The van der Waals surface area contributed by atoms with Crippen molar-refractivity contribution in [1.29, 1.82) is 0 Å². The van der Waals surface area contributed by atoms with E-state index in [0.717, 1.165) is 66.6 Å². The van der Waals surface area contributed by atoms with Gasteiger partial charge in [-0.3, -0.25) is 0 Å². The van der Waals surface area contributed by atoms with Crippen molar-refractivity contribution in [3.8, 4) is 73.2 Å². The standard InChI is InChI=1S/C57H36N4O/c1-3-15-37(16-4-1)38-29-31-39(32-30-38)41-19-13-20-42(35-41)56-58-55(40-17-5-2-6-18-40)59-57(60-56)43-33-34-52-48(36-43)54-47(24-14-28-53(54)62-52)46-23-9-12-27-51(46)61-49-25-10-7-21-44(49)45-22-8-11-26-50(45)61/h1-36H. The Morgan fingerprint density at radius 2 is 0.790 bits per heavy atom. The molecule has 62 heavy (non-hydrogen) atoms. The van der Waals surface area contributed by atoms with Crippen molar-refractivity contribution in [2.24, 2.45) is 0 Å². The summed E-state index contributed by atoms with van der Waals surface area (Å²) in [4.78, 5) is 15.4. The zero-order valence-corrected chi connectivity index (χ0v) is 33.5. The van der Waals surface area contributed by atoms with Crippen molar-refractivity contribution in [2.45, 2.75) is 0 Å². The maximum atomic E-state index is 6.59. The number of benzene rings is 9. The van der Waals surface area contributed by atoms with Crippen molar-refractivity contribution >= 4 is 43.7 Å². The fourth-order valence-corrected chi connectivity index (χ4v) is 8.94. The lowest BCUT2D eigenvalue weighted by atomic mass is 9.97. The molecule has 12 rings (SSSR count). The predicted octanol–water partition coefficient (Wildman–Crippen LogP) is 14.9. The lowest BCUT2D eigenvalue weighted by Gasteiger charge is -2.15. The Bertz CT molecular complexity index is 3570. The van der Waals surface area contributed by atoms with Gasteiger partial charge in [0.05, 0.1) is 16.7 Å². The van der Waals surface area contributed by atoms with Gasteiger partial charge >= 0.3 is 0 Å². The molecule has 0 radical (unpaired) electrons. The quantitative estimate of drug-likeness (QED) is 0.161. The average Bonchev–Trinajstić information content (AvgIpc) is 3.90. The van der Waals surface area contributed by atoms with Gasteiger partial charge in [-0.1, -0.05) is 170 Å². The predicted molar refractivity (Wildman–Crippen MR) is 254 cm³/mol. The molecule has 3 aromatic heterocycles. The third kappa shape index (κ3) is 6.06. The molecule has 0 aliphatic heterocycles. The number of furan rings is 1. The second-order valence-electron chi connectivity index (χ2n) is 15.6. The minimum atomic E-state index is 0.589. The number of aromatic nitrogens is 4. The van der Waals surface area contributed by atoms with Crippen LogP contribution >= 0.6 is 0 Å². The van der Waals surface area contributed by atoms with E-state index in [1.165, 1.54) is 32.9 Å². The van der Waals surface area contributed by atoms with Gasteiger partial charge in [0.15, 0.2) is 17.5 Å². The number of fused-ring (bicyclic) bond motifs is 6. The number of nitrogens with zero attached hydrogens (tertiary/aromatic N) is 4. The first-order valence-electron chi connectivity index (χ1n) is 20.8. The molecule has 0 saturated carbocycles. The molecule has 0 unspecified atom stereocenters. The van der Waals surface area contributed by atoms with E-state index >= 15 is 0 Å². The molecule has 0 atom stereocenters. The van der Waals surface area contributed by atoms with Gasteiger partial charge in [0.25, 0.3) is 0 Å². The average molecular weight is 793 g/mol. The smallest absolute Gasteiger partial charge is 0.164 e. The molecule has 5 heteroatoms. The highest BCUT2D eigenvalue weighted by Crippen LogP contribution is 2.42. The van der Waals surface area contributed by atoms with Crippen LogP contribution in [0.3, 0.4) is 0 Å². The number of hydrogen-bond donors (Lipinski definition) is 0. The fraction of sp³-hybridized carbons (Fsp3) is 0. The molecule has 0 fully saturated rings. The first-order chi connectivity index (χ1) is 30.7. The van der Waals surface area contributed by atoms with Crippen molar-refractivity contribution < 1.29 is 4.42 Å². The van der Waals surface area contributed by atoms with E-state index in [1.807, 2.05) is 42.5 Å². The first-order valence-corrected chi connectivity index (χ1v) is 20.8. The monoisotopic (exact) mass is 792 g/mol. The maximum absolute atomic E-state index is 6.59. The summed E-state index contributed by atoms with van der Waals surface area (Å²) < 4.78 is 8.98.